The van der Waals surface area contributed by atoms with E-state index in [0.717, 1.165) is 27.5 Å². The number of carbonyl (C=O) groups excluding carboxylic acids is 2. The fourth-order valence-corrected chi connectivity index (χ4v) is 7.25. The Labute approximate surface area is 248 Å². The van der Waals surface area contributed by atoms with E-state index in [1.54, 1.807) is 35.7 Å². The number of esters is 1. The van der Waals surface area contributed by atoms with Gasteiger partial charge in [-0.25, -0.2) is 0 Å². The van der Waals surface area contributed by atoms with Crippen LogP contribution in [-0.2, 0) is 14.3 Å². The maximum atomic E-state index is 12.6. The molecule has 1 aliphatic carbocycles. The summed E-state index contributed by atoms with van der Waals surface area (Å²) >= 11 is 3.46. The monoisotopic (exact) mass is 575 g/mol. The zero-order valence-electron chi connectivity index (χ0n) is 22.7. The van der Waals surface area contributed by atoms with Crippen LogP contribution in [0.25, 0.3) is 25.8 Å². The SMILES string of the molecule is CCOC(=O)C1CCC(c2ccc(-c3ccc(-c4ccc(N(c5ccccc5)c5ccccc5)cc4)s3)s2)=CC1=O. The van der Waals surface area contributed by atoms with Crippen LogP contribution in [0.4, 0.5) is 17.1 Å². The van der Waals surface area contributed by atoms with E-state index < -0.39 is 11.9 Å². The predicted molar refractivity (Wildman–Crippen MR) is 170 cm³/mol. The summed E-state index contributed by atoms with van der Waals surface area (Å²) in [6.45, 7) is 2.05. The number of hydrogen-bond donors (Lipinski definition) is 0. The van der Waals surface area contributed by atoms with Crippen molar-refractivity contribution in [1.82, 2.24) is 0 Å². The minimum Gasteiger partial charge on any atom is -0.465 e. The molecule has 1 aliphatic rings. The molecule has 2 heterocycles. The Hall–Kier alpha value is -4.26. The third-order valence-electron chi connectivity index (χ3n) is 7.14. The molecule has 1 unspecified atom stereocenters. The van der Waals surface area contributed by atoms with Crippen LogP contribution >= 0.6 is 22.7 Å². The first-order valence-electron chi connectivity index (χ1n) is 13.7. The average molecular weight is 576 g/mol. The summed E-state index contributed by atoms with van der Waals surface area (Å²) in [5, 5.41) is 0. The predicted octanol–water partition coefficient (Wildman–Crippen LogP) is 9.54. The van der Waals surface area contributed by atoms with Crippen molar-refractivity contribution in [3.05, 3.63) is 120 Å². The lowest BCUT2D eigenvalue weighted by Crippen LogP contribution is -2.27. The van der Waals surface area contributed by atoms with Gasteiger partial charge in [-0.3, -0.25) is 9.59 Å². The minimum atomic E-state index is -0.670. The van der Waals surface area contributed by atoms with Gasteiger partial charge < -0.3 is 9.64 Å². The normalized spacial score (nSPS) is 14.9. The standard InChI is InChI=1S/C35H29NO3S2/c1-2-39-35(38)29-18-15-25(23-30(29)37)32-20-22-34(41-32)33-21-19-31(40-33)24-13-16-28(17-14-24)36(26-9-5-3-6-10-26)27-11-7-4-8-12-27/h3-14,16-17,19-23,29H,2,15,18H2,1H3. The highest BCUT2D eigenvalue weighted by molar-refractivity contribution is 7.24. The summed E-state index contributed by atoms with van der Waals surface area (Å²) < 4.78 is 5.06. The first-order valence-corrected chi connectivity index (χ1v) is 15.4. The number of rotatable bonds is 8. The van der Waals surface area contributed by atoms with Crippen molar-refractivity contribution in [2.75, 3.05) is 11.5 Å². The molecule has 0 radical (unpaired) electrons. The van der Waals surface area contributed by atoms with Crippen LogP contribution in [0, 0.1) is 5.92 Å². The molecule has 5 aromatic rings. The molecule has 0 saturated carbocycles. The smallest absolute Gasteiger partial charge is 0.316 e. The van der Waals surface area contributed by atoms with Crippen LogP contribution in [0.1, 0.15) is 24.6 Å². The van der Waals surface area contributed by atoms with Crippen LogP contribution in [0.2, 0.25) is 0 Å². The molecule has 0 fully saturated rings. The number of para-hydroxylation sites is 2. The Kier molecular flexibility index (Phi) is 7.94. The molecule has 0 bridgehead atoms. The average Bonchev–Trinajstić information content (AvgIpc) is 3.70. The highest BCUT2D eigenvalue weighted by Crippen LogP contribution is 2.42. The van der Waals surface area contributed by atoms with E-state index in [1.807, 2.05) is 12.1 Å². The van der Waals surface area contributed by atoms with Gasteiger partial charge in [0.2, 0.25) is 0 Å². The lowest BCUT2D eigenvalue weighted by atomic mass is 9.88. The number of hydrogen-bond acceptors (Lipinski definition) is 6. The van der Waals surface area contributed by atoms with Crippen molar-refractivity contribution in [2.45, 2.75) is 19.8 Å². The van der Waals surface area contributed by atoms with Gasteiger partial charge in [0.05, 0.1) is 6.61 Å². The maximum Gasteiger partial charge on any atom is 0.316 e. The number of nitrogens with zero attached hydrogens (tertiary/aromatic N) is 1. The Bertz CT molecular complexity index is 1640. The van der Waals surface area contributed by atoms with Gasteiger partial charge in [-0.2, -0.15) is 0 Å². The highest BCUT2D eigenvalue weighted by Gasteiger charge is 2.30. The zero-order valence-corrected chi connectivity index (χ0v) is 24.3. The second-order valence-electron chi connectivity index (χ2n) is 9.80. The van der Waals surface area contributed by atoms with Gasteiger partial charge >= 0.3 is 5.97 Å². The Morgan fingerprint density at radius 3 is 1.85 bits per heavy atom. The van der Waals surface area contributed by atoms with Crippen LogP contribution in [0.3, 0.4) is 0 Å². The number of anilines is 3. The van der Waals surface area contributed by atoms with Gasteiger partial charge in [0.25, 0.3) is 0 Å². The topological polar surface area (TPSA) is 46.6 Å². The molecule has 6 rings (SSSR count). The third-order valence-corrected chi connectivity index (χ3v) is 9.63. The summed E-state index contributed by atoms with van der Waals surface area (Å²) in [4.78, 5) is 31.6. The van der Waals surface area contributed by atoms with E-state index in [4.69, 9.17) is 4.74 Å². The molecular formula is C35H29NO3S2. The van der Waals surface area contributed by atoms with Gasteiger partial charge in [-0.1, -0.05) is 48.5 Å². The molecule has 3 aromatic carbocycles. The van der Waals surface area contributed by atoms with E-state index in [-0.39, 0.29) is 5.78 Å². The first-order chi connectivity index (χ1) is 20.1. The van der Waals surface area contributed by atoms with Crippen molar-refractivity contribution in [1.29, 1.82) is 0 Å². The number of benzene rings is 3. The van der Waals surface area contributed by atoms with Gasteiger partial charge in [-0.05, 0) is 97.6 Å². The zero-order chi connectivity index (χ0) is 28.2. The molecule has 2 aromatic heterocycles. The van der Waals surface area contributed by atoms with E-state index in [2.05, 4.69) is 102 Å². The molecular weight excluding hydrogens is 547 g/mol. The van der Waals surface area contributed by atoms with Crippen molar-refractivity contribution in [3.63, 3.8) is 0 Å². The van der Waals surface area contributed by atoms with E-state index >= 15 is 0 Å². The molecule has 6 heteroatoms. The molecule has 4 nitrogen and oxygen atoms in total. The second kappa shape index (κ2) is 12.1. The van der Waals surface area contributed by atoms with Gasteiger partial charge in [0, 0.05) is 36.6 Å². The van der Waals surface area contributed by atoms with Crippen LogP contribution < -0.4 is 4.90 Å². The summed E-state index contributed by atoms with van der Waals surface area (Å²) in [5.41, 5.74) is 5.51. The molecule has 0 saturated heterocycles. The van der Waals surface area contributed by atoms with Crippen molar-refractivity contribution < 1.29 is 14.3 Å². The summed E-state index contributed by atoms with van der Waals surface area (Å²) in [6, 6.07) is 38.1. The molecule has 1 atom stereocenters. The van der Waals surface area contributed by atoms with Crippen molar-refractivity contribution in [2.24, 2.45) is 5.92 Å². The highest BCUT2D eigenvalue weighted by atomic mass is 32.1. The van der Waals surface area contributed by atoms with E-state index in [1.165, 1.54) is 20.2 Å². The van der Waals surface area contributed by atoms with Gasteiger partial charge in [0.15, 0.2) is 5.78 Å². The molecule has 41 heavy (non-hydrogen) atoms. The minimum absolute atomic E-state index is 0.153. The number of carbonyl (C=O) groups is 2. The quantitative estimate of drug-likeness (QED) is 0.137. The Morgan fingerprint density at radius 2 is 1.27 bits per heavy atom. The summed E-state index contributed by atoms with van der Waals surface area (Å²) in [5.74, 6) is -1.23. The molecule has 0 N–H and O–H groups in total. The number of allylic oxidation sites excluding steroid dienone is 2. The Morgan fingerprint density at radius 1 is 0.732 bits per heavy atom. The second-order valence-corrected chi connectivity index (χ2v) is 12.0. The van der Waals surface area contributed by atoms with E-state index in [9.17, 15) is 9.59 Å². The van der Waals surface area contributed by atoms with Crippen LogP contribution in [0.15, 0.2) is 115 Å². The summed E-state index contributed by atoms with van der Waals surface area (Å²) in [7, 11) is 0. The molecule has 0 aliphatic heterocycles. The Balaban J connectivity index is 1.20. The fourth-order valence-electron chi connectivity index (χ4n) is 5.10. The largest absolute Gasteiger partial charge is 0.465 e. The maximum absolute atomic E-state index is 12.6. The lowest BCUT2D eigenvalue weighted by Gasteiger charge is -2.25. The lowest BCUT2D eigenvalue weighted by molar-refractivity contribution is -0.150. The molecule has 0 amide bonds. The fraction of sp³-hybridized carbons (Fsp3) is 0.143. The molecule has 204 valence electrons. The van der Waals surface area contributed by atoms with E-state index in [0.29, 0.717) is 19.4 Å². The number of thiophene rings is 2. The number of ether oxygens (including phenoxy) is 1. The molecule has 0 spiro atoms. The third kappa shape index (κ3) is 5.80. The van der Waals surface area contributed by atoms with Gasteiger partial charge in [-0.15, -0.1) is 22.7 Å². The first kappa shape index (κ1) is 26.9. The van der Waals surface area contributed by atoms with Crippen LogP contribution in [-0.4, -0.2) is 18.4 Å². The van der Waals surface area contributed by atoms with Crippen molar-refractivity contribution >= 4 is 57.1 Å². The van der Waals surface area contributed by atoms with Crippen molar-refractivity contribution in [3.8, 4) is 20.2 Å². The van der Waals surface area contributed by atoms with Gasteiger partial charge in [0.1, 0.15) is 5.92 Å². The number of ketones is 1. The summed E-state index contributed by atoms with van der Waals surface area (Å²) in [6.07, 6.45) is 2.83. The van der Waals surface area contributed by atoms with Crippen LogP contribution in [0.5, 0.6) is 0 Å².